The van der Waals surface area contributed by atoms with Gasteiger partial charge in [-0.05, 0) is 26.9 Å². The van der Waals surface area contributed by atoms with Gasteiger partial charge in [-0.15, -0.1) is 22.4 Å². The van der Waals surface area contributed by atoms with E-state index in [9.17, 15) is 39.0 Å². The van der Waals surface area contributed by atoms with Gasteiger partial charge in [0.2, 0.25) is 4.29 Å². The zero-order valence-corrected chi connectivity index (χ0v) is 34.0. The molecule has 0 aromatic heterocycles. The number of nitrogens with one attached hydrogen (secondary N) is 2. The molecule has 0 fully saturated rings. The van der Waals surface area contributed by atoms with Crippen LogP contribution in [0.5, 0.6) is 0 Å². The van der Waals surface area contributed by atoms with E-state index < -0.39 is 42.2 Å². The van der Waals surface area contributed by atoms with Crippen molar-refractivity contribution in [2.45, 2.75) is 59.2 Å². The molecule has 0 aliphatic heterocycles. The van der Waals surface area contributed by atoms with Crippen molar-refractivity contribution in [1.29, 1.82) is 0 Å². The van der Waals surface area contributed by atoms with Crippen LogP contribution in [0.2, 0.25) is 6.82 Å². The SMILES string of the molecule is CB(P)I.CC.CN(C)CCOC(=O)CCC(=O)[O-].C[NH+](C)CCO.C[NH+](C)CCO.O=C([O-])CCC(=O)OCCOC(=O)CCC(=O)O.[HH].[HH]. The van der Waals surface area contributed by atoms with Gasteiger partial charge >= 0.3 is 23.9 Å². The summed E-state index contributed by atoms with van der Waals surface area (Å²) >= 11 is 2.31. The number of aliphatic hydroxyl groups excluding tert-OH is 2. The summed E-state index contributed by atoms with van der Waals surface area (Å²) in [4.78, 5) is 67.1. The van der Waals surface area contributed by atoms with E-state index in [0.29, 0.717) is 26.4 Å². The van der Waals surface area contributed by atoms with Crippen molar-refractivity contribution in [1.82, 2.24) is 4.90 Å². The molecule has 17 nitrogen and oxygen atoms in total. The van der Waals surface area contributed by atoms with Gasteiger partial charge in [0, 0.05) is 21.3 Å². The minimum Gasteiger partial charge on any atom is -0.550 e. The number of esters is 3. The van der Waals surface area contributed by atoms with Crippen LogP contribution >= 0.6 is 31.5 Å². The number of aliphatic carboxylic acids is 3. The van der Waals surface area contributed by atoms with Crippen LogP contribution in [0, 0.1) is 0 Å². The molecule has 1 atom stereocenters. The number of quaternary nitrogens is 2. The average Bonchev–Trinajstić information content (AvgIpc) is 2.97. The predicted octanol–water partition coefficient (Wildman–Crippen LogP) is -3.73. The zero-order valence-electron chi connectivity index (χ0n) is 30.7. The van der Waals surface area contributed by atoms with Crippen molar-refractivity contribution >= 4 is 71.6 Å². The fourth-order valence-corrected chi connectivity index (χ4v) is 1.93. The minimum atomic E-state index is -1.35. The van der Waals surface area contributed by atoms with E-state index in [2.05, 4.69) is 47.8 Å². The standard InChI is InChI=1S/C10H14O8.C8H15NO4.2C4H11NO.C2H6.CH5BIP.2H2/c11-7(12)1-3-9(15)17-5-6-18-10(16)4-2-8(13)14;1-9(2)5-6-13-8(12)4-3-7(10)11;2*1-5(2)3-4-6;1-2;1-2(3)4;;/h1-6H2,(H,11,12)(H,13,14);3-6H2,1-2H3,(H,10,11);2*6H,3-4H2,1-2H3;1-2H3;4H2,1H3;2*1H. The molecule has 1 unspecified atom stereocenters. The fourth-order valence-electron chi connectivity index (χ4n) is 1.93. The molecule has 0 aliphatic carbocycles. The second kappa shape index (κ2) is 45.8. The van der Waals surface area contributed by atoms with Crippen molar-refractivity contribution in [2.24, 2.45) is 0 Å². The third kappa shape index (κ3) is 86.9. The lowest BCUT2D eigenvalue weighted by Gasteiger charge is -2.09. The van der Waals surface area contributed by atoms with Crippen molar-refractivity contribution < 1.29 is 81.2 Å². The van der Waals surface area contributed by atoms with Crippen LogP contribution in [-0.2, 0) is 43.0 Å². The maximum absolute atomic E-state index is 10.9. The third-order valence-corrected chi connectivity index (χ3v) is 4.24. The fraction of sp³-hybridized carbons (Fsp3) is 0.793. The summed E-state index contributed by atoms with van der Waals surface area (Å²) in [6, 6.07) is 0. The molecule has 0 spiro atoms. The summed E-state index contributed by atoms with van der Waals surface area (Å²) in [5.41, 5.74) is 0. The van der Waals surface area contributed by atoms with Gasteiger partial charge in [-0.25, -0.2) is 0 Å². The number of hydrogen-bond donors (Lipinski definition) is 5. The van der Waals surface area contributed by atoms with Crippen LogP contribution in [0.4, 0.5) is 0 Å². The van der Waals surface area contributed by atoms with Gasteiger partial charge in [0.1, 0.15) is 32.9 Å². The Balaban J connectivity index is -0.0000000815. The summed E-state index contributed by atoms with van der Waals surface area (Å²) in [6.07, 6.45) is -1.72. The van der Waals surface area contributed by atoms with E-state index >= 15 is 0 Å². The Bertz CT molecular complexity index is 795. The number of halogens is 1. The summed E-state index contributed by atoms with van der Waals surface area (Å²) in [5, 5.41) is 44.7. The zero-order chi connectivity index (χ0) is 39.8. The van der Waals surface area contributed by atoms with E-state index in [-0.39, 0.29) is 48.2 Å². The molecule has 0 aromatic rings. The number of carbonyl (C=O) groups is 6. The smallest absolute Gasteiger partial charge is 0.306 e. The van der Waals surface area contributed by atoms with E-state index in [4.69, 9.17) is 20.1 Å². The Morgan fingerprint density at radius 3 is 1.20 bits per heavy atom. The first-order valence-corrected chi connectivity index (χ1v) is 17.5. The van der Waals surface area contributed by atoms with Crippen molar-refractivity contribution in [3.8, 4) is 0 Å². The van der Waals surface area contributed by atoms with Crippen LogP contribution in [-0.4, -0.2) is 155 Å². The number of nitrogens with zero attached hydrogens (tertiary/aromatic N) is 1. The lowest BCUT2D eigenvalue weighted by Crippen LogP contribution is -3.06. The largest absolute Gasteiger partial charge is 0.550 e. The van der Waals surface area contributed by atoms with Gasteiger partial charge < -0.3 is 64.0 Å². The molecule has 0 saturated heterocycles. The predicted molar refractivity (Wildman–Crippen MR) is 197 cm³/mol. The molecule has 296 valence electrons. The molecule has 5 N–H and O–H groups in total. The Morgan fingerprint density at radius 2 is 1.00 bits per heavy atom. The highest BCUT2D eigenvalue weighted by molar-refractivity contribution is 14.1. The average molecular weight is 850 g/mol. The second-order valence-electron chi connectivity index (χ2n) is 10.1. The van der Waals surface area contributed by atoms with Crippen molar-refractivity contribution in [3.63, 3.8) is 0 Å². The summed E-state index contributed by atoms with van der Waals surface area (Å²) in [5.74, 6) is -5.63. The van der Waals surface area contributed by atoms with Crippen LogP contribution in [0.15, 0.2) is 0 Å². The monoisotopic (exact) mass is 849 g/mol. The molecular weight excluding hydrogens is 783 g/mol. The number of carboxylic acid groups (broad SMARTS) is 3. The molecule has 0 aliphatic rings. The Kier molecular flexibility index (Phi) is 55.2. The molecule has 0 aromatic carbocycles. The molecule has 20 heteroatoms. The third-order valence-electron chi connectivity index (χ3n) is 4.24. The molecule has 0 amide bonds. The molecule has 0 saturated carbocycles. The topological polar surface area (TPSA) is 249 Å². The Morgan fingerprint density at radius 1 is 0.714 bits per heavy atom. The number of hydrogen-bond acceptors (Lipinski definition) is 14. The quantitative estimate of drug-likeness (QED) is 0.0209. The normalized spacial score (nSPS) is 9.31. The lowest BCUT2D eigenvalue weighted by molar-refractivity contribution is -0.858. The van der Waals surface area contributed by atoms with Gasteiger partial charge in [0.15, 0.2) is 0 Å². The Hall–Kier alpha value is -2.16. The molecule has 49 heavy (non-hydrogen) atoms. The van der Waals surface area contributed by atoms with Crippen LogP contribution < -0.4 is 20.0 Å². The minimum absolute atomic E-state index is 0. The molecule has 0 rings (SSSR count). The highest BCUT2D eigenvalue weighted by Crippen LogP contribution is 1.99. The number of rotatable bonds is 19. The van der Waals surface area contributed by atoms with Crippen LogP contribution in [0.1, 0.15) is 55.2 Å². The van der Waals surface area contributed by atoms with E-state index in [1.54, 1.807) is 0 Å². The van der Waals surface area contributed by atoms with E-state index in [1.807, 2.05) is 61.0 Å². The summed E-state index contributed by atoms with van der Waals surface area (Å²) in [6.45, 7) is 8.92. The maximum atomic E-state index is 10.9. The van der Waals surface area contributed by atoms with Gasteiger partial charge in [0.05, 0.1) is 67.1 Å². The number of aliphatic hydroxyl groups is 2. The van der Waals surface area contributed by atoms with Crippen LogP contribution in [0.25, 0.3) is 0 Å². The van der Waals surface area contributed by atoms with E-state index in [1.165, 1.54) is 9.80 Å². The van der Waals surface area contributed by atoms with Crippen LogP contribution in [0.3, 0.4) is 0 Å². The number of ether oxygens (including phenoxy) is 3. The summed E-state index contributed by atoms with van der Waals surface area (Å²) in [7, 11) is 14.4. The molecule has 0 radical (unpaired) electrons. The van der Waals surface area contributed by atoms with E-state index in [0.717, 1.165) is 17.4 Å². The highest BCUT2D eigenvalue weighted by atomic mass is 127. The van der Waals surface area contributed by atoms with Crippen molar-refractivity contribution in [2.75, 3.05) is 95.0 Å². The van der Waals surface area contributed by atoms with Gasteiger partial charge in [-0.1, -0.05) is 20.7 Å². The van der Waals surface area contributed by atoms with Crippen molar-refractivity contribution in [3.05, 3.63) is 0 Å². The number of likely N-dealkylation sites (N-methyl/N-ethyl adjacent to an activating group) is 3. The second-order valence-corrected chi connectivity index (χ2v) is 14.5. The first-order chi connectivity index (χ1) is 22.7. The molecule has 0 heterocycles. The van der Waals surface area contributed by atoms with Gasteiger partial charge in [-0.2, -0.15) is 9.12 Å². The molecular formula is C29H66BIN3O14P. The first kappa shape index (κ1) is 59.0. The van der Waals surface area contributed by atoms with Gasteiger partial charge in [0.25, 0.3) is 0 Å². The highest BCUT2D eigenvalue weighted by Gasteiger charge is 2.07. The molecule has 0 bridgehead atoms. The van der Waals surface area contributed by atoms with Gasteiger partial charge in [-0.3, -0.25) is 19.2 Å². The lowest BCUT2D eigenvalue weighted by atomic mass is 10.2. The Labute approximate surface area is 311 Å². The number of carboxylic acids is 3. The summed E-state index contributed by atoms with van der Waals surface area (Å²) < 4.78 is 14.6. The first-order valence-electron chi connectivity index (χ1n) is 15.6. The maximum Gasteiger partial charge on any atom is 0.306 e. The number of carbonyl (C=O) groups excluding carboxylic acids is 5.